The highest BCUT2D eigenvalue weighted by molar-refractivity contribution is 7.90. The first kappa shape index (κ1) is 18.1. The molecule has 0 aromatic heterocycles. The van der Waals surface area contributed by atoms with Crippen molar-refractivity contribution in [3.63, 3.8) is 0 Å². The number of nitrogens with one attached hydrogen (secondary N) is 1. The molecule has 21 heavy (non-hydrogen) atoms. The van der Waals surface area contributed by atoms with Crippen LogP contribution in [-0.2, 0) is 20.0 Å². The third-order valence-electron chi connectivity index (χ3n) is 3.50. The maximum atomic E-state index is 12.2. The van der Waals surface area contributed by atoms with Crippen molar-refractivity contribution in [2.75, 3.05) is 6.54 Å². The summed E-state index contributed by atoms with van der Waals surface area (Å²) in [6.07, 6.45) is 0. The molecule has 0 aliphatic carbocycles. The van der Waals surface area contributed by atoms with Crippen LogP contribution in [0.5, 0.6) is 0 Å². The molecule has 0 fully saturated rings. The Hall–Kier alpha value is -0.960. The summed E-state index contributed by atoms with van der Waals surface area (Å²) in [5.74, 6) is 0.119. The van der Waals surface area contributed by atoms with E-state index in [1.807, 2.05) is 27.7 Å². The number of rotatable bonds is 5. The van der Waals surface area contributed by atoms with Crippen molar-refractivity contribution in [3.8, 4) is 0 Å². The van der Waals surface area contributed by atoms with E-state index in [-0.39, 0.29) is 27.7 Å². The zero-order valence-corrected chi connectivity index (χ0v) is 14.3. The molecule has 1 unspecified atom stereocenters. The molecule has 8 heteroatoms. The van der Waals surface area contributed by atoms with E-state index in [1.165, 1.54) is 18.2 Å². The van der Waals surface area contributed by atoms with Crippen molar-refractivity contribution in [1.29, 1.82) is 0 Å². The van der Waals surface area contributed by atoms with E-state index < -0.39 is 20.0 Å². The van der Waals surface area contributed by atoms with Gasteiger partial charge in [-0.05, 0) is 29.5 Å². The third kappa shape index (κ3) is 5.06. The molecule has 0 bridgehead atoms. The van der Waals surface area contributed by atoms with Crippen LogP contribution in [0.3, 0.4) is 0 Å². The quantitative estimate of drug-likeness (QED) is 0.846. The molecule has 1 aromatic rings. The summed E-state index contributed by atoms with van der Waals surface area (Å²) >= 11 is 0. The summed E-state index contributed by atoms with van der Waals surface area (Å²) in [6.45, 7) is 8.28. The summed E-state index contributed by atoms with van der Waals surface area (Å²) in [6, 6.07) is 4.99. The minimum absolute atomic E-state index is 0.0367. The monoisotopic (exact) mass is 334 g/mol. The fourth-order valence-electron chi connectivity index (χ4n) is 1.44. The van der Waals surface area contributed by atoms with Crippen molar-refractivity contribution < 1.29 is 16.8 Å². The Bertz CT molecular complexity index is 704. The summed E-state index contributed by atoms with van der Waals surface area (Å²) < 4.78 is 49.4. The van der Waals surface area contributed by atoms with Gasteiger partial charge >= 0.3 is 0 Å². The summed E-state index contributed by atoms with van der Waals surface area (Å²) in [5.41, 5.74) is -0.0367. The van der Waals surface area contributed by atoms with Gasteiger partial charge in [0.25, 0.3) is 0 Å². The van der Waals surface area contributed by atoms with Crippen molar-refractivity contribution in [3.05, 3.63) is 24.3 Å². The van der Waals surface area contributed by atoms with Gasteiger partial charge in [-0.25, -0.2) is 26.7 Å². The highest BCUT2D eigenvalue weighted by atomic mass is 32.2. The van der Waals surface area contributed by atoms with Gasteiger partial charge in [0.05, 0.1) is 9.79 Å². The lowest BCUT2D eigenvalue weighted by Gasteiger charge is -2.27. The van der Waals surface area contributed by atoms with Gasteiger partial charge in [0, 0.05) is 6.54 Å². The maximum absolute atomic E-state index is 12.2. The number of sulfonamides is 2. The Labute approximate surface area is 126 Å². The van der Waals surface area contributed by atoms with Crippen LogP contribution in [0.25, 0.3) is 0 Å². The summed E-state index contributed by atoms with van der Waals surface area (Å²) in [5, 5.41) is 5.01. The lowest BCUT2D eigenvalue weighted by Crippen LogP contribution is -2.33. The standard InChI is InChI=1S/C13H22N2O4S2/c1-10(13(2,3)4)9-15-21(18,19)12-7-5-6-11(8-12)20(14,16)17/h5-8,10,15H,9H2,1-4H3,(H2,14,16,17). The molecule has 0 radical (unpaired) electrons. The van der Waals surface area contributed by atoms with Crippen LogP contribution >= 0.6 is 0 Å². The molecular formula is C13H22N2O4S2. The molecule has 0 spiro atoms. The van der Waals surface area contributed by atoms with E-state index in [0.717, 1.165) is 6.07 Å². The molecule has 0 aliphatic rings. The summed E-state index contributed by atoms with van der Waals surface area (Å²) in [4.78, 5) is -0.343. The number of primary sulfonamides is 1. The second kappa shape index (κ2) is 6.04. The minimum atomic E-state index is -3.93. The van der Waals surface area contributed by atoms with Crippen LogP contribution in [0.1, 0.15) is 27.7 Å². The van der Waals surface area contributed by atoms with Gasteiger partial charge in [-0.1, -0.05) is 33.8 Å². The molecule has 0 saturated heterocycles. The van der Waals surface area contributed by atoms with E-state index in [4.69, 9.17) is 5.14 Å². The Balaban J connectivity index is 3.00. The minimum Gasteiger partial charge on any atom is -0.225 e. The molecule has 6 nitrogen and oxygen atoms in total. The first-order valence-corrected chi connectivity index (χ1v) is 9.49. The molecule has 1 atom stereocenters. The van der Waals surface area contributed by atoms with Crippen LogP contribution in [0.2, 0.25) is 0 Å². The number of hydrogen-bond acceptors (Lipinski definition) is 4. The Morgan fingerprint density at radius 1 is 1.14 bits per heavy atom. The van der Waals surface area contributed by atoms with E-state index in [1.54, 1.807) is 0 Å². The molecule has 1 aromatic carbocycles. The Kier molecular flexibility index (Phi) is 5.20. The smallest absolute Gasteiger partial charge is 0.225 e. The molecule has 0 aliphatic heterocycles. The van der Waals surface area contributed by atoms with Crippen LogP contribution in [0, 0.1) is 11.3 Å². The van der Waals surface area contributed by atoms with E-state index in [0.29, 0.717) is 0 Å². The molecular weight excluding hydrogens is 312 g/mol. The first-order valence-electron chi connectivity index (χ1n) is 6.46. The number of nitrogens with two attached hydrogens (primary N) is 1. The molecule has 0 amide bonds. The first-order chi connectivity index (χ1) is 9.34. The fourth-order valence-corrected chi connectivity index (χ4v) is 3.25. The Morgan fingerprint density at radius 3 is 2.14 bits per heavy atom. The average molecular weight is 334 g/mol. The van der Waals surface area contributed by atoms with Gasteiger partial charge in [-0.2, -0.15) is 0 Å². The van der Waals surface area contributed by atoms with Gasteiger partial charge < -0.3 is 0 Å². The second-order valence-electron chi connectivity index (χ2n) is 6.14. The normalized spacial score (nSPS) is 14.9. The van der Waals surface area contributed by atoms with Crippen LogP contribution in [-0.4, -0.2) is 23.4 Å². The van der Waals surface area contributed by atoms with Crippen molar-refractivity contribution in [2.24, 2.45) is 16.5 Å². The largest absolute Gasteiger partial charge is 0.240 e. The second-order valence-corrected chi connectivity index (χ2v) is 9.47. The van der Waals surface area contributed by atoms with Gasteiger partial charge in [0.1, 0.15) is 0 Å². The molecule has 1 rings (SSSR count). The van der Waals surface area contributed by atoms with E-state index in [9.17, 15) is 16.8 Å². The highest BCUT2D eigenvalue weighted by Gasteiger charge is 2.23. The lowest BCUT2D eigenvalue weighted by molar-refractivity contribution is 0.263. The van der Waals surface area contributed by atoms with Gasteiger partial charge in [0.15, 0.2) is 0 Å². The lowest BCUT2D eigenvalue weighted by atomic mass is 9.82. The summed E-state index contributed by atoms with van der Waals surface area (Å²) in [7, 11) is -7.70. The van der Waals surface area contributed by atoms with Crippen molar-refractivity contribution >= 4 is 20.0 Å². The van der Waals surface area contributed by atoms with Gasteiger partial charge in [-0.15, -0.1) is 0 Å². The zero-order chi connectivity index (χ0) is 16.5. The molecule has 3 N–H and O–H groups in total. The van der Waals surface area contributed by atoms with Crippen molar-refractivity contribution in [2.45, 2.75) is 37.5 Å². The molecule has 0 heterocycles. The predicted octanol–water partition coefficient (Wildman–Crippen LogP) is 1.29. The van der Waals surface area contributed by atoms with Gasteiger partial charge in [0.2, 0.25) is 20.0 Å². The van der Waals surface area contributed by atoms with Crippen LogP contribution < -0.4 is 9.86 Å². The number of benzene rings is 1. The van der Waals surface area contributed by atoms with Crippen LogP contribution in [0.4, 0.5) is 0 Å². The maximum Gasteiger partial charge on any atom is 0.240 e. The Morgan fingerprint density at radius 2 is 1.67 bits per heavy atom. The molecule has 0 saturated carbocycles. The number of hydrogen-bond donors (Lipinski definition) is 2. The average Bonchev–Trinajstić information content (AvgIpc) is 2.34. The topological polar surface area (TPSA) is 106 Å². The zero-order valence-electron chi connectivity index (χ0n) is 12.6. The fraction of sp³-hybridized carbons (Fsp3) is 0.538. The van der Waals surface area contributed by atoms with E-state index >= 15 is 0 Å². The van der Waals surface area contributed by atoms with E-state index in [2.05, 4.69) is 4.72 Å². The predicted molar refractivity (Wildman–Crippen MR) is 81.6 cm³/mol. The van der Waals surface area contributed by atoms with Crippen LogP contribution in [0.15, 0.2) is 34.1 Å². The third-order valence-corrected chi connectivity index (χ3v) is 5.83. The highest BCUT2D eigenvalue weighted by Crippen LogP contribution is 2.25. The van der Waals surface area contributed by atoms with Gasteiger partial charge in [-0.3, -0.25) is 0 Å². The van der Waals surface area contributed by atoms with Crippen molar-refractivity contribution in [1.82, 2.24) is 4.72 Å². The SMILES string of the molecule is CC(CNS(=O)(=O)c1cccc(S(N)(=O)=O)c1)C(C)(C)C. The molecule has 120 valence electrons.